The van der Waals surface area contributed by atoms with E-state index in [1.54, 1.807) is 6.20 Å². The molecule has 0 aliphatic carbocycles. The normalized spacial score (nSPS) is 14.9. The molecule has 0 fully saturated rings. The van der Waals surface area contributed by atoms with Crippen molar-refractivity contribution in [2.75, 3.05) is 5.32 Å². The second kappa shape index (κ2) is 5.37. The number of anilines is 1. The summed E-state index contributed by atoms with van der Waals surface area (Å²) < 4.78 is 0. The number of aromatic nitrogens is 2. The highest BCUT2D eigenvalue weighted by Gasteiger charge is 2.08. The topological polar surface area (TPSA) is 37.8 Å². The van der Waals surface area contributed by atoms with Gasteiger partial charge >= 0.3 is 0 Å². The minimum absolute atomic E-state index is 0.137. The van der Waals surface area contributed by atoms with Crippen molar-refractivity contribution >= 4 is 29.0 Å². The molecular weight excluding hydrogens is 221 g/mol. The van der Waals surface area contributed by atoms with Crippen LogP contribution in [0.2, 0.25) is 5.02 Å². The van der Waals surface area contributed by atoms with Crippen molar-refractivity contribution in [3.8, 4) is 0 Å². The van der Waals surface area contributed by atoms with Gasteiger partial charge in [-0.2, -0.15) is 0 Å². The van der Waals surface area contributed by atoms with Gasteiger partial charge in [-0.05, 0) is 20.3 Å². The molecule has 1 aromatic heterocycles. The Labute approximate surface area is 93.9 Å². The van der Waals surface area contributed by atoms with Crippen LogP contribution in [0, 0.1) is 0 Å². The number of alkyl halides is 1. The van der Waals surface area contributed by atoms with Gasteiger partial charge in [-0.1, -0.05) is 11.6 Å². The summed E-state index contributed by atoms with van der Waals surface area (Å²) in [5.74, 6) is 0.659. The fourth-order valence-corrected chi connectivity index (χ4v) is 1.63. The fraction of sp³-hybridized carbons (Fsp3) is 0.556. The lowest BCUT2D eigenvalue weighted by Crippen LogP contribution is -2.19. The minimum atomic E-state index is 0.137. The molecule has 0 aromatic carbocycles. The summed E-state index contributed by atoms with van der Waals surface area (Å²) in [6, 6.07) is 0.245. The monoisotopic (exact) mass is 233 g/mol. The Kier molecular flexibility index (Phi) is 4.42. The molecule has 0 radical (unpaired) electrons. The predicted molar refractivity (Wildman–Crippen MR) is 60.1 cm³/mol. The maximum absolute atomic E-state index is 5.88. The number of halogens is 2. The lowest BCUT2D eigenvalue weighted by molar-refractivity contribution is 0.693. The van der Waals surface area contributed by atoms with Crippen molar-refractivity contribution in [3.05, 3.63) is 17.5 Å². The Morgan fingerprint density at radius 3 is 2.79 bits per heavy atom. The smallest absolute Gasteiger partial charge is 0.148 e. The van der Waals surface area contributed by atoms with Gasteiger partial charge in [-0.3, -0.25) is 0 Å². The zero-order valence-electron chi connectivity index (χ0n) is 8.17. The molecule has 1 heterocycles. The number of nitrogens with one attached hydrogen (secondary N) is 1. The van der Waals surface area contributed by atoms with E-state index in [2.05, 4.69) is 15.3 Å². The zero-order valence-corrected chi connectivity index (χ0v) is 9.68. The number of hydrogen-bond acceptors (Lipinski definition) is 3. The van der Waals surface area contributed by atoms with Crippen LogP contribution in [0.4, 0.5) is 5.82 Å². The molecule has 1 N–H and O–H groups in total. The fourth-order valence-electron chi connectivity index (χ4n) is 1.20. The Bertz CT molecular complexity index is 291. The first-order valence-corrected chi connectivity index (χ1v) is 5.27. The van der Waals surface area contributed by atoms with E-state index in [0.29, 0.717) is 10.8 Å². The van der Waals surface area contributed by atoms with E-state index in [1.165, 1.54) is 6.33 Å². The third kappa shape index (κ3) is 3.68. The average Bonchev–Trinajstić information content (AvgIpc) is 2.07. The van der Waals surface area contributed by atoms with Gasteiger partial charge in [0.1, 0.15) is 17.2 Å². The van der Waals surface area contributed by atoms with Crippen molar-refractivity contribution < 1.29 is 0 Å². The van der Waals surface area contributed by atoms with E-state index in [-0.39, 0.29) is 11.4 Å². The van der Waals surface area contributed by atoms with Crippen molar-refractivity contribution in [2.45, 2.75) is 31.7 Å². The minimum Gasteiger partial charge on any atom is -0.366 e. The summed E-state index contributed by atoms with van der Waals surface area (Å²) >= 11 is 11.8. The molecule has 0 spiro atoms. The van der Waals surface area contributed by atoms with Crippen LogP contribution in [-0.4, -0.2) is 21.4 Å². The summed E-state index contributed by atoms with van der Waals surface area (Å²) in [7, 11) is 0. The van der Waals surface area contributed by atoms with Crippen LogP contribution in [0.25, 0.3) is 0 Å². The molecule has 3 nitrogen and oxygen atoms in total. The van der Waals surface area contributed by atoms with E-state index in [1.807, 2.05) is 13.8 Å². The first-order chi connectivity index (χ1) is 6.59. The van der Waals surface area contributed by atoms with Crippen molar-refractivity contribution in [1.29, 1.82) is 0 Å². The highest BCUT2D eigenvalue weighted by atomic mass is 35.5. The summed E-state index contributed by atoms with van der Waals surface area (Å²) in [6.07, 6.45) is 3.89. The molecular formula is C9H13Cl2N3. The summed E-state index contributed by atoms with van der Waals surface area (Å²) in [5.41, 5.74) is 0. The molecule has 78 valence electrons. The Morgan fingerprint density at radius 1 is 1.50 bits per heavy atom. The second-order valence-corrected chi connectivity index (χ2v) is 4.43. The highest BCUT2D eigenvalue weighted by molar-refractivity contribution is 6.32. The van der Waals surface area contributed by atoms with Crippen LogP contribution in [0.5, 0.6) is 0 Å². The largest absolute Gasteiger partial charge is 0.366 e. The third-order valence-electron chi connectivity index (χ3n) is 1.73. The van der Waals surface area contributed by atoms with Gasteiger partial charge in [0, 0.05) is 11.4 Å². The predicted octanol–water partition coefficient (Wildman–Crippen LogP) is 2.95. The third-order valence-corrected chi connectivity index (χ3v) is 2.18. The molecule has 1 aromatic rings. The van der Waals surface area contributed by atoms with Gasteiger partial charge in [-0.25, -0.2) is 9.97 Å². The molecule has 0 amide bonds. The van der Waals surface area contributed by atoms with E-state index >= 15 is 0 Å². The Hall–Kier alpha value is -0.540. The van der Waals surface area contributed by atoms with Gasteiger partial charge < -0.3 is 5.32 Å². The molecule has 0 aliphatic rings. The van der Waals surface area contributed by atoms with Crippen molar-refractivity contribution in [3.63, 3.8) is 0 Å². The van der Waals surface area contributed by atoms with Crippen LogP contribution < -0.4 is 5.32 Å². The first-order valence-electron chi connectivity index (χ1n) is 4.45. The lowest BCUT2D eigenvalue weighted by Gasteiger charge is -2.15. The number of rotatable bonds is 4. The summed E-state index contributed by atoms with van der Waals surface area (Å²) in [4.78, 5) is 7.83. The molecule has 1 rings (SSSR count). The molecule has 0 saturated heterocycles. The highest BCUT2D eigenvalue weighted by Crippen LogP contribution is 2.18. The molecule has 2 atom stereocenters. The van der Waals surface area contributed by atoms with E-state index in [4.69, 9.17) is 23.2 Å². The molecule has 0 saturated carbocycles. The van der Waals surface area contributed by atoms with Gasteiger partial charge in [0.2, 0.25) is 0 Å². The van der Waals surface area contributed by atoms with E-state index < -0.39 is 0 Å². The van der Waals surface area contributed by atoms with Gasteiger partial charge in [0.05, 0.1) is 6.20 Å². The van der Waals surface area contributed by atoms with E-state index in [9.17, 15) is 0 Å². The summed E-state index contributed by atoms with van der Waals surface area (Å²) in [6.45, 7) is 4.00. The maximum atomic E-state index is 5.88. The second-order valence-electron chi connectivity index (χ2n) is 3.28. The first kappa shape index (κ1) is 11.5. The Balaban J connectivity index is 2.56. The molecule has 0 bridgehead atoms. The van der Waals surface area contributed by atoms with Crippen molar-refractivity contribution in [2.24, 2.45) is 0 Å². The van der Waals surface area contributed by atoms with Crippen LogP contribution in [0.3, 0.4) is 0 Å². The van der Waals surface area contributed by atoms with Crippen LogP contribution in [-0.2, 0) is 0 Å². The number of hydrogen-bond donors (Lipinski definition) is 1. The van der Waals surface area contributed by atoms with Crippen LogP contribution in [0.15, 0.2) is 12.5 Å². The Morgan fingerprint density at radius 2 is 2.21 bits per heavy atom. The molecule has 0 aliphatic heterocycles. The molecule has 5 heteroatoms. The van der Waals surface area contributed by atoms with Gasteiger partial charge in [-0.15, -0.1) is 11.6 Å². The van der Waals surface area contributed by atoms with Crippen LogP contribution in [0.1, 0.15) is 20.3 Å². The van der Waals surface area contributed by atoms with Gasteiger partial charge in [0.25, 0.3) is 0 Å². The summed E-state index contributed by atoms with van der Waals surface area (Å²) in [5, 5.41) is 3.84. The zero-order chi connectivity index (χ0) is 10.6. The average molecular weight is 234 g/mol. The van der Waals surface area contributed by atoms with Crippen LogP contribution >= 0.6 is 23.2 Å². The molecule has 2 unspecified atom stereocenters. The lowest BCUT2D eigenvalue weighted by atomic mass is 10.2. The SMILES string of the molecule is CC(Cl)CC(C)Nc1ncncc1Cl. The van der Waals surface area contributed by atoms with E-state index in [0.717, 1.165) is 6.42 Å². The number of nitrogens with zero attached hydrogens (tertiary/aromatic N) is 2. The quantitative estimate of drug-likeness (QED) is 0.814. The van der Waals surface area contributed by atoms with Crippen molar-refractivity contribution in [1.82, 2.24) is 9.97 Å². The van der Waals surface area contributed by atoms with Gasteiger partial charge in [0.15, 0.2) is 0 Å². The maximum Gasteiger partial charge on any atom is 0.148 e. The molecule has 14 heavy (non-hydrogen) atoms. The standard InChI is InChI=1S/C9H13Cl2N3/c1-6(10)3-7(2)14-9-8(11)4-12-5-13-9/h4-7H,3H2,1-2H3,(H,12,13,14).